The molecule has 2 rings (SSSR count). The van der Waals surface area contributed by atoms with E-state index in [0.29, 0.717) is 11.3 Å². The predicted molar refractivity (Wildman–Crippen MR) is 77.0 cm³/mol. The van der Waals surface area contributed by atoms with Gasteiger partial charge in [-0.15, -0.1) is 0 Å². The monoisotopic (exact) mass is 298 g/mol. The van der Waals surface area contributed by atoms with Crippen molar-refractivity contribution in [1.29, 1.82) is 0 Å². The van der Waals surface area contributed by atoms with Crippen LogP contribution in [0.2, 0.25) is 0 Å². The zero-order valence-corrected chi connectivity index (χ0v) is 12.6. The van der Waals surface area contributed by atoms with Gasteiger partial charge in [0.2, 0.25) is 5.91 Å². The topological polar surface area (TPSA) is 49.4 Å². The van der Waals surface area contributed by atoms with E-state index in [4.69, 9.17) is 0 Å². The van der Waals surface area contributed by atoms with Crippen LogP contribution in [0.5, 0.6) is 0 Å². The van der Waals surface area contributed by atoms with Crippen LogP contribution in [0.25, 0.3) is 0 Å². The van der Waals surface area contributed by atoms with E-state index in [1.807, 2.05) is 6.92 Å². The van der Waals surface area contributed by atoms with Crippen molar-refractivity contribution in [2.45, 2.75) is 32.1 Å². The summed E-state index contributed by atoms with van der Waals surface area (Å²) in [6, 6.07) is 5.72. The van der Waals surface area contributed by atoms with Gasteiger partial charge >= 0.3 is 0 Å². The highest BCUT2D eigenvalue weighted by molar-refractivity contribution is 7.84. The summed E-state index contributed by atoms with van der Waals surface area (Å²) >= 11 is 0. The Morgan fingerprint density at radius 3 is 2.80 bits per heavy atom. The SMILES string of the molecule is CC1NC(c2cccc(F)c2)N(C(C)CS(C)=O)C1=O. The second kappa shape index (κ2) is 6.01. The summed E-state index contributed by atoms with van der Waals surface area (Å²) < 4.78 is 24.8. The Balaban J connectivity index is 2.30. The molecule has 110 valence electrons. The normalized spacial score (nSPS) is 25.8. The number of halogens is 1. The van der Waals surface area contributed by atoms with Crippen LogP contribution in [-0.2, 0) is 15.6 Å². The predicted octanol–water partition coefficient (Wildman–Crippen LogP) is 1.41. The molecule has 1 N–H and O–H groups in total. The summed E-state index contributed by atoms with van der Waals surface area (Å²) in [7, 11) is -0.989. The first-order chi connectivity index (χ1) is 9.40. The van der Waals surface area contributed by atoms with E-state index in [-0.39, 0.29) is 30.0 Å². The fourth-order valence-electron chi connectivity index (χ4n) is 2.56. The Morgan fingerprint density at radius 2 is 2.20 bits per heavy atom. The third-order valence-corrected chi connectivity index (χ3v) is 4.38. The molecule has 1 aliphatic heterocycles. The van der Waals surface area contributed by atoms with E-state index in [1.54, 1.807) is 30.2 Å². The number of benzene rings is 1. The van der Waals surface area contributed by atoms with Gasteiger partial charge < -0.3 is 4.90 Å². The van der Waals surface area contributed by atoms with Crippen LogP contribution in [0.1, 0.15) is 25.6 Å². The maximum atomic E-state index is 13.4. The van der Waals surface area contributed by atoms with Crippen LogP contribution in [0.15, 0.2) is 24.3 Å². The molecule has 0 bridgehead atoms. The van der Waals surface area contributed by atoms with E-state index in [1.165, 1.54) is 12.1 Å². The van der Waals surface area contributed by atoms with Crippen molar-refractivity contribution in [3.63, 3.8) is 0 Å². The van der Waals surface area contributed by atoms with Gasteiger partial charge in [0.15, 0.2) is 0 Å². The van der Waals surface area contributed by atoms with Gasteiger partial charge in [-0.05, 0) is 31.5 Å². The number of carbonyl (C=O) groups excluding carboxylic acids is 1. The lowest BCUT2D eigenvalue weighted by atomic mass is 10.1. The Morgan fingerprint density at radius 1 is 1.50 bits per heavy atom. The van der Waals surface area contributed by atoms with Gasteiger partial charge in [0.1, 0.15) is 12.0 Å². The number of nitrogens with zero attached hydrogens (tertiary/aromatic N) is 1. The molecule has 6 heteroatoms. The zero-order chi connectivity index (χ0) is 14.9. The molecule has 1 aliphatic rings. The van der Waals surface area contributed by atoms with Gasteiger partial charge in [-0.1, -0.05) is 12.1 Å². The number of hydrogen-bond acceptors (Lipinski definition) is 3. The van der Waals surface area contributed by atoms with Crippen LogP contribution >= 0.6 is 0 Å². The summed E-state index contributed by atoms with van der Waals surface area (Å²) in [5.41, 5.74) is 0.705. The molecule has 20 heavy (non-hydrogen) atoms. The van der Waals surface area contributed by atoms with E-state index in [9.17, 15) is 13.4 Å². The molecule has 1 aromatic rings. The van der Waals surface area contributed by atoms with Crippen molar-refractivity contribution in [2.75, 3.05) is 12.0 Å². The number of rotatable bonds is 4. The van der Waals surface area contributed by atoms with Crippen LogP contribution in [0, 0.1) is 5.82 Å². The number of nitrogens with one attached hydrogen (secondary N) is 1. The fraction of sp³-hybridized carbons (Fsp3) is 0.500. The van der Waals surface area contributed by atoms with Crippen LogP contribution in [0.4, 0.5) is 4.39 Å². The highest BCUT2D eigenvalue weighted by atomic mass is 32.2. The average Bonchev–Trinajstić information content (AvgIpc) is 2.65. The Labute approximate surface area is 120 Å². The summed E-state index contributed by atoms with van der Waals surface area (Å²) in [6.45, 7) is 3.65. The molecule has 0 spiro atoms. The van der Waals surface area contributed by atoms with Gasteiger partial charge in [-0.3, -0.25) is 14.3 Å². The second-order valence-electron chi connectivity index (χ2n) is 5.18. The Hall–Kier alpha value is -1.27. The quantitative estimate of drug-likeness (QED) is 0.914. The van der Waals surface area contributed by atoms with Gasteiger partial charge in [-0.25, -0.2) is 4.39 Å². The zero-order valence-electron chi connectivity index (χ0n) is 11.8. The Bertz CT molecular complexity index is 538. The summed E-state index contributed by atoms with van der Waals surface area (Å²) in [4.78, 5) is 13.9. The fourth-order valence-corrected chi connectivity index (χ4v) is 3.40. The largest absolute Gasteiger partial charge is 0.318 e. The van der Waals surface area contributed by atoms with E-state index >= 15 is 0 Å². The molecule has 1 heterocycles. The molecule has 4 nitrogen and oxygen atoms in total. The van der Waals surface area contributed by atoms with E-state index in [0.717, 1.165) is 0 Å². The van der Waals surface area contributed by atoms with Gasteiger partial charge in [-0.2, -0.15) is 0 Å². The molecular formula is C14H19FN2O2S. The van der Waals surface area contributed by atoms with Crippen LogP contribution in [0.3, 0.4) is 0 Å². The molecule has 1 saturated heterocycles. The number of carbonyl (C=O) groups is 1. The first kappa shape index (κ1) is 15.1. The molecule has 0 aliphatic carbocycles. The van der Waals surface area contributed by atoms with Crippen molar-refractivity contribution in [1.82, 2.24) is 10.2 Å². The highest BCUT2D eigenvalue weighted by Gasteiger charge is 2.39. The second-order valence-corrected chi connectivity index (χ2v) is 6.66. The molecular weight excluding hydrogens is 279 g/mol. The van der Waals surface area contributed by atoms with Crippen molar-refractivity contribution in [3.8, 4) is 0 Å². The van der Waals surface area contributed by atoms with Crippen LogP contribution in [-0.4, -0.2) is 39.1 Å². The van der Waals surface area contributed by atoms with Crippen molar-refractivity contribution >= 4 is 16.7 Å². The Kier molecular flexibility index (Phi) is 4.55. The van der Waals surface area contributed by atoms with Crippen molar-refractivity contribution in [3.05, 3.63) is 35.6 Å². The first-order valence-electron chi connectivity index (χ1n) is 6.54. The minimum Gasteiger partial charge on any atom is -0.318 e. The average molecular weight is 298 g/mol. The third-order valence-electron chi connectivity index (χ3n) is 3.43. The molecule has 1 fully saturated rings. The van der Waals surface area contributed by atoms with E-state index < -0.39 is 10.8 Å². The summed E-state index contributed by atoms with van der Waals surface area (Å²) in [5, 5.41) is 3.16. The first-order valence-corrected chi connectivity index (χ1v) is 8.26. The lowest BCUT2D eigenvalue weighted by Gasteiger charge is -2.30. The molecule has 1 aromatic carbocycles. The highest BCUT2D eigenvalue weighted by Crippen LogP contribution is 2.28. The molecule has 4 atom stereocenters. The van der Waals surface area contributed by atoms with Crippen molar-refractivity contribution in [2.24, 2.45) is 0 Å². The third kappa shape index (κ3) is 3.07. The van der Waals surface area contributed by atoms with E-state index in [2.05, 4.69) is 5.32 Å². The van der Waals surface area contributed by atoms with Gasteiger partial charge in [0.05, 0.1) is 6.04 Å². The smallest absolute Gasteiger partial charge is 0.241 e. The maximum Gasteiger partial charge on any atom is 0.241 e. The van der Waals surface area contributed by atoms with Crippen LogP contribution < -0.4 is 5.32 Å². The van der Waals surface area contributed by atoms with Gasteiger partial charge in [0.25, 0.3) is 0 Å². The minimum absolute atomic E-state index is 0.0442. The lowest BCUT2D eigenvalue weighted by molar-refractivity contribution is -0.131. The molecule has 4 unspecified atom stereocenters. The molecule has 1 amide bonds. The van der Waals surface area contributed by atoms with Crippen molar-refractivity contribution < 1.29 is 13.4 Å². The molecule has 0 aromatic heterocycles. The standard InChI is InChI=1S/C14H19FN2O2S/c1-9(8-20(3)19)17-13(16-10(2)14(17)18)11-5-4-6-12(15)7-11/h4-7,9-10,13,16H,8H2,1-3H3. The summed E-state index contributed by atoms with van der Waals surface area (Å²) in [5.74, 6) is 0.0339. The lowest BCUT2D eigenvalue weighted by Crippen LogP contribution is -2.41. The summed E-state index contributed by atoms with van der Waals surface area (Å²) in [6.07, 6.45) is 1.25. The maximum absolute atomic E-state index is 13.4. The minimum atomic E-state index is -0.989. The van der Waals surface area contributed by atoms with Gasteiger partial charge in [0, 0.05) is 28.9 Å². The molecule has 0 radical (unpaired) electrons. The number of hydrogen-bond donors (Lipinski definition) is 1. The molecule has 0 saturated carbocycles. The number of amides is 1.